The molecule has 1 spiro atoms. The summed E-state index contributed by atoms with van der Waals surface area (Å²) in [5, 5.41) is -2.22. The van der Waals surface area contributed by atoms with E-state index in [1.165, 1.54) is 0 Å². The van der Waals surface area contributed by atoms with Crippen LogP contribution in [-0.2, 0) is 28.6 Å². The van der Waals surface area contributed by atoms with Crippen LogP contribution in [0.3, 0.4) is 0 Å². The molecule has 2 unspecified atom stereocenters. The minimum absolute atomic E-state index is 0.228. The Kier molecular flexibility index (Phi) is 3.77. The summed E-state index contributed by atoms with van der Waals surface area (Å²) in [6.45, 7) is -0.457. The van der Waals surface area contributed by atoms with Crippen LogP contribution in [0.1, 0.15) is 21.6 Å². The molecule has 0 amide bonds. The van der Waals surface area contributed by atoms with E-state index in [1.807, 2.05) is 0 Å². The highest BCUT2D eigenvalue weighted by Gasteiger charge is 2.66. The molecular formula is C17H16O6S2. The SMILES string of the molecule is O=S1(=O)OCC2(COS(=O)(=O)C2c2ccccc2)C1c1ccccc1. The maximum atomic E-state index is 12.6. The highest BCUT2D eigenvalue weighted by Crippen LogP contribution is 2.60. The molecule has 2 saturated heterocycles. The molecule has 2 aliphatic heterocycles. The van der Waals surface area contributed by atoms with E-state index in [0.29, 0.717) is 11.1 Å². The molecule has 0 radical (unpaired) electrons. The van der Waals surface area contributed by atoms with Gasteiger partial charge in [-0.25, -0.2) is 0 Å². The van der Waals surface area contributed by atoms with E-state index in [9.17, 15) is 16.8 Å². The van der Waals surface area contributed by atoms with Crippen molar-refractivity contribution in [3.05, 3.63) is 71.8 Å². The lowest BCUT2D eigenvalue weighted by atomic mass is 9.77. The van der Waals surface area contributed by atoms with Gasteiger partial charge in [-0.3, -0.25) is 8.37 Å². The lowest BCUT2D eigenvalue weighted by Crippen LogP contribution is -2.36. The molecule has 4 rings (SSSR count). The van der Waals surface area contributed by atoms with Crippen LogP contribution in [-0.4, -0.2) is 30.0 Å². The van der Waals surface area contributed by atoms with E-state index in [2.05, 4.69) is 0 Å². The van der Waals surface area contributed by atoms with E-state index in [-0.39, 0.29) is 13.2 Å². The Hall–Kier alpha value is -1.74. The zero-order valence-electron chi connectivity index (χ0n) is 13.1. The van der Waals surface area contributed by atoms with Gasteiger partial charge in [0.25, 0.3) is 20.2 Å². The molecule has 2 heterocycles. The third-order valence-electron chi connectivity index (χ3n) is 4.81. The standard InChI is InChI=1S/C17H16O6S2/c18-24(19)15(13-7-3-1-4-8-13)17(11-22-24)12-23-25(20,21)16(17)14-9-5-2-6-10-14/h1-10,15-16H,11-12H2. The van der Waals surface area contributed by atoms with Crippen LogP contribution in [0, 0.1) is 5.41 Å². The topological polar surface area (TPSA) is 86.7 Å². The molecule has 2 aliphatic rings. The summed E-state index contributed by atoms with van der Waals surface area (Å²) in [7, 11) is -7.93. The molecule has 8 heteroatoms. The van der Waals surface area contributed by atoms with E-state index in [4.69, 9.17) is 8.37 Å². The quantitative estimate of drug-likeness (QED) is 0.742. The third kappa shape index (κ3) is 2.52. The van der Waals surface area contributed by atoms with Gasteiger partial charge in [-0.1, -0.05) is 60.7 Å². The fourth-order valence-electron chi connectivity index (χ4n) is 3.83. The Morgan fingerprint density at radius 1 is 0.680 bits per heavy atom. The van der Waals surface area contributed by atoms with Crippen LogP contribution in [0.4, 0.5) is 0 Å². The van der Waals surface area contributed by atoms with Crippen LogP contribution in [0.15, 0.2) is 60.7 Å². The maximum Gasteiger partial charge on any atom is 0.275 e. The van der Waals surface area contributed by atoms with E-state index >= 15 is 0 Å². The predicted molar refractivity (Wildman–Crippen MR) is 90.5 cm³/mol. The normalized spacial score (nSPS) is 32.8. The van der Waals surface area contributed by atoms with Gasteiger partial charge in [-0.2, -0.15) is 16.8 Å². The molecule has 2 aromatic carbocycles. The van der Waals surface area contributed by atoms with Crippen molar-refractivity contribution in [3.8, 4) is 0 Å². The lowest BCUT2D eigenvalue weighted by Gasteiger charge is -2.30. The van der Waals surface area contributed by atoms with Crippen LogP contribution in [0.5, 0.6) is 0 Å². The summed E-state index contributed by atoms with van der Waals surface area (Å²) in [6, 6.07) is 17.1. The average Bonchev–Trinajstić information content (AvgIpc) is 3.02. The van der Waals surface area contributed by atoms with Crippen molar-refractivity contribution in [1.29, 1.82) is 0 Å². The molecule has 0 N–H and O–H groups in total. The summed E-state index contributed by atoms with van der Waals surface area (Å²) in [6.07, 6.45) is 0. The van der Waals surface area contributed by atoms with Crippen LogP contribution >= 0.6 is 0 Å². The van der Waals surface area contributed by atoms with Gasteiger partial charge in [0.15, 0.2) is 0 Å². The molecule has 2 atom stereocenters. The Bertz CT molecular complexity index is 900. The van der Waals surface area contributed by atoms with Gasteiger partial charge in [0, 0.05) is 0 Å². The Balaban J connectivity index is 1.95. The molecular weight excluding hydrogens is 364 g/mol. The molecule has 25 heavy (non-hydrogen) atoms. The van der Waals surface area contributed by atoms with Crippen molar-refractivity contribution < 1.29 is 25.2 Å². The van der Waals surface area contributed by atoms with Gasteiger partial charge in [0.1, 0.15) is 10.5 Å². The molecule has 2 aromatic rings. The molecule has 2 fully saturated rings. The van der Waals surface area contributed by atoms with Gasteiger partial charge in [0.05, 0.1) is 18.6 Å². The van der Waals surface area contributed by atoms with Crippen molar-refractivity contribution >= 4 is 20.2 Å². The molecule has 0 bridgehead atoms. The van der Waals surface area contributed by atoms with Crippen molar-refractivity contribution in [2.45, 2.75) is 10.5 Å². The maximum absolute atomic E-state index is 12.6. The van der Waals surface area contributed by atoms with E-state index < -0.39 is 36.2 Å². The number of hydrogen-bond acceptors (Lipinski definition) is 6. The first-order valence-electron chi connectivity index (χ1n) is 7.73. The minimum atomic E-state index is -3.97. The first-order chi connectivity index (χ1) is 11.9. The third-order valence-corrected chi connectivity index (χ3v) is 8.34. The van der Waals surface area contributed by atoms with Gasteiger partial charge >= 0.3 is 0 Å². The Labute approximate surface area is 146 Å². The summed E-state index contributed by atoms with van der Waals surface area (Å²) >= 11 is 0. The van der Waals surface area contributed by atoms with Crippen molar-refractivity contribution in [3.63, 3.8) is 0 Å². The lowest BCUT2D eigenvalue weighted by molar-refractivity contribution is 0.149. The van der Waals surface area contributed by atoms with Gasteiger partial charge in [-0.05, 0) is 11.1 Å². The zero-order valence-corrected chi connectivity index (χ0v) is 14.7. The summed E-state index contributed by atoms with van der Waals surface area (Å²) in [4.78, 5) is 0. The predicted octanol–water partition coefficient (Wildman–Crippen LogP) is 2.18. The molecule has 0 aromatic heterocycles. The number of rotatable bonds is 2. The summed E-state index contributed by atoms with van der Waals surface area (Å²) in [5.74, 6) is 0. The number of benzene rings is 2. The molecule has 0 saturated carbocycles. The smallest absolute Gasteiger partial charge is 0.269 e. The Morgan fingerprint density at radius 2 is 1.04 bits per heavy atom. The second-order valence-electron chi connectivity index (χ2n) is 6.32. The highest BCUT2D eigenvalue weighted by atomic mass is 32.2. The van der Waals surface area contributed by atoms with Crippen molar-refractivity contribution in [2.75, 3.05) is 13.2 Å². The average molecular weight is 380 g/mol. The molecule has 0 aliphatic carbocycles. The van der Waals surface area contributed by atoms with Crippen LogP contribution in [0.25, 0.3) is 0 Å². The largest absolute Gasteiger partial charge is 0.275 e. The van der Waals surface area contributed by atoms with E-state index in [1.54, 1.807) is 60.7 Å². The van der Waals surface area contributed by atoms with Gasteiger partial charge in [0.2, 0.25) is 0 Å². The minimum Gasteiger partial charge on any atom is -0.269 e. The second-order valence-corrected chi connectivity index (χ2v) is 9.71. The zero-order chi connectivity index (χ0) is 17.7. The first-order valence-corrected chi connectivity index (χ1v) is 10.7. The fourth-order valence-corrected chi connectivity index (χ4v) is 7.63. The van der Waals surface area contributed by atoms with Crippen LogP contribution in [0.2, 0.25) is 0 Å². The van der Waals surface area contributed by atoms with Crippen LogP contribution < -0.4 is 0 Å². The summed E-state index contributed by atoms with van der Waals surface area (Å²) < 4.78 is 60.8. The summed E-state index contributed by atoms with van der Waals surface area (Å²) in [5.41, 5.74) is -0.219. The van der Waals surface area contributed by atoms with Gasteiger partial charge in [-0.15, -0.1) is 0 Å². The highest BCUT2D eigenvalue weighted by molar-refractivity contribution is 7.88. The first kappa shape index (κ1) is 16.7. The van der Waals surface area contributed by atoms with Gasteiger partial charge < -0.3 is 0 Å². The molecule has 132 valence electrons. The van der Waals surface area contributed by atoms with Crippen molar-refractivity contribution in [2.24, 2.45) is 5.41 Å². The Morgan fingerprint density at radius 3 is 1.40 bits per heavy atom. The molecule has 6 nitrogen and oxygen atoms in total. The number of hydrogen-bond donors (Lipinski definition) is 0. The monoisotopic (exact) mass is 380 g/mol. The second kappa shape index (κ2) is 5.63. The fraction of sp³-hybridized carbons (Fsp3) is 0.294. The van der Waals surface area contributed by atoms with Crippen molar-refractivity contribution in [1.82, 2.24) is 0 Å². The van der Waals surface area contributed by atoms with E-state index in [0.717, 1.165) is 0 Å².